The van der Waals surface area contributed by atoms with Crippen LogP contribution < -0.4 is 14.8 Å². The highest BCUT2D eigenvalue weighted by Crippen LogP contribution is 2.34. The van der Waals surface area contributed by atoms with Gasteiger partial charge in [0, 0.05) is 28.0 Å². The van der Waals surface area contributed by atoms with Crippen molar-refractivity contribution in [2.75, 3.05) is 33.1 Å². The molecule has 0 radical (unpaired) electrons. The molecule has 0 unspecified atom stereocenters. The maximum Gasteiger partial charge on any atom is 0.240 e. The van der Waals surface area contributed by atoms with Gasteiger partial charge < -0.3 is 14.8 Å². The molecule has 1 heterocycles. The number of carbonyl (C=O) groups excluding carboxylic acids is 1. The molecule has 0 fully saturated rings. The lowest BCUT2D eigenvalue weighted by atomic mass is 10.1. The lowest BCUT2D eigenvalue weighted by Crippen LogP contribution is -2.29. The Morgan fingerprint density at radius 2 is 1.93 bits per heavy atom. The molecule has 0 bridgehead atoms. The van der Waals surface area contributed by atoms with Gasteiger partial charge in [-0.1, -0.05) is 28.1 Å². The number of hydrogen-bond acceptors (Lipinski definition) is 6. The number of thiazole rings is 1. The summed E-state index contributed by atoms with van der Waals surface area (Å²) in [6.07, 6.45) is 0. The van der Waals surface area contributed by atoms with Crippen molar-refractivity contribution >= 4 is 38.3 Å². The van der Waals surface area contributed by atoms with Crippen molar-refractivity contribution in [1.82, 2.24) is 9.88 Å². The second kappa shape index (κ2) is 9.87. The average Bonchev–Trinajstić information content (AvgIpc) is 3.17. The maximum atomic E-state index is 12.4. The van der Waals surface area contributed by atoms with E-state index in [2.05, 4.69) is 26.2 Å². The van der Waals surface area contributed by atoms with Gasteiger partial charge in [-0.2, -0.15) is 0 Å². The van der Waals surface area contributed by atoms with Gasteiger partial charge in [-0.25, -0.2) is 4.98 Å². The smallest absolute Gasteiger partial charge is 0.240 e. The molecule has 8 heteroatoms. The summed E-state index contributed by atoms with van der Waals surface area (Å²) < 4.78 is 11.7. The fourth-order valence-electron chi connectivity index (χ4n) is 2.83. The van der Waals surface area contributed by atoms with Crippen molar-refractivity contribution in [3.8, 4) is 22.8 Å². The van der Waals surface area contributed by atoms with Crippen LogP contribution in [0.5, 0.6) is 11.5 Å². The van der Waals surface area contributed by atoms with Gasteiger partial charge in [0.2, 0.25) is 5.91 Å². The Bertz CT molecular complexity index is 976. The quantitative estimate of drug-likeness (QED) is 0.513. The van der Waals surface area contributed by atoms with E-state index in [1.54, 1.807) is 14.2 Å². The monoisotopic (exact) mass is 475 g/mol. The number of likely N-dealkylation sites (N-methyl/N-ethyl adjacent to an activating group) is 1. The molecule has 0 atom stereocenters. The number of ether oxygens (including phenoxy) is 2. The Morgan fingerprint density at radius 3 is 2.62 bits per heavy atom. The molecule has 1 N–H and O–H groups in total. The van der Waals surface area contributed by atoms with Crippen LogP contribution in [-0.2, 0) is 11.3 Å². The van der Waals surface area contributed by atoms with Gasteiger partial charge in [0.05, 0.1) is 26.5 Å². The number of carbonyl (C=O) groups is 1. The molecular weight excluding hydrogens is 454 g/mol. The highest BCUT2D eigenvalue weighted by atomic mass is 79.9. The first-order chi connectivity index (χ1) is 14.0. The third-order valence-electron chi connectivity index (χ3n) is 4.21. The predicted molar refractivity (Wildman–Crippen MR) is 120 cm³/mol. The van der Waals surface area contributed by atoms with Gasteiger partial charge in [-0.15, -0.1) is 11.3 Å². The third kappa shape index (κ3) is 5.79. The maximum absolute atomic E-state index is 12.4. The number of amides is 1. The van der Waals surface area contributed by atoms with E-state index >= 15 is 0 Å². The third-order valence-corrected chi connectivity index (χ3v) is 5.50. The van der Waals surface area contributed by atoms with E-state index in [1.807, 2.05) is 59.8 Å². The van der Waals surface area contributed by atoms with Crippen LogP contribution in [0.15, 0.2) is 52.3 Å². The minimum absolute atomic E-state index is 0.104. The van der Waals surface area contributed by atoms with Crippen LogP contribution in [0.2, 0.25) is 0 Å². The Morgan fingerprint density at radius 1 is 1.17 bits per heavy atom. The molecular formula is C21H22BrN3O3S. The largest absolute Gasteiger partial charge is 0.497 e. The highest BCUT2D eigenvalue weighted by Gasteiger charge is 2.14. The van der Waals surface area contributed by atoms with Crippen molar-refractivity contribution in [3.05, 3.63) is 57.9 Å². The Kier molecular flexibility index (Phi) is 7.24. The number of nitrogens with one attached hydrogen (secondary N) is 1. The number of rotatable bonds is 8. The number of halogens is 1. The molecule has 3 rings (SSSR count). The van der Waals surface area contributed by atoms with Crippen molar-refractivity contribution in [2.45, 2.75) is 6.54 Å². The molecule has 0 aliphatic rings. The predicted octanol–water partition coefficient (Wildman–Crippen LogP) is 4.66. The van der Waals surface area contributed by atoms with Crippen LogP contribution in [0.3, 0.4) is 0 Å². The van der Waals surface area contributed by atoms with Crippen LogP contribution in [0.25, 0.3) is 11.3 Å². The molecule has 3 aromatic rings. The Labute approximate surface area is 182 Å². The van der Waals surface area contributed by atoms with Crippen molar-refractivity contribution < 1.29 is 14.3 Å². The SMILES string of the molecule is COc1ccc(-c2csc(NC(=O)CN(C)Cc3ccc(Br)cc3)n2)c(OC)c1. The number of nitrogens with zero attached hydrogens (tertiary/aromatic N) is 2. The van der Waals surface area contributed by atoms with Gasteiger partial charge in [0.1, 0.15) is 11.5 Å². The lowest BCUT2D eigenvalue weighted by molar-refractivity contribution is -0.117. The normalized spacial score (nSPS) is 10.8. The summed E-state index contributed by atoms with van der Waals surface area (Å²) in [5.41, 5.74) is 2.73. The summed E-state index contributed by atoms with van der Waals surface area (Å²) >= 11 is 4.81. The summed E-state index contributed by atoms with van der Waals surface area (Å²) in [7, 11) is 5.13. The molecule has 0 saturated carbocycles. The number of aromatic nitrogens is 1. The highest BCUT2D eigenvalue weighted by molar-refractivity contribution is 9.10. The van der Waals surface area contributed by atoms with E-state index in [0.717, 1.165) is 21.3 Å². The number of benzene rings is 2. The van der Waals surface area contributed by atoms with Crippen LogP contribution in [-0.4, -0.2) is 43.6 Å². The molecule has 0 spiro atoms. The first-order valence-corrected chi connectivity index (χ1v) is 10.6. The molecule has 0 aliphatic carbocycles. The molecule has 0 aliphatic heterocycles. The number of hydrogen-bond donors (Lipinski definition) is 1. The molecule has 6 nitrogen and oxygen atoms in total. The van der Waals surface area contributed by atoms with E-state index in [4.69, 9.17) is 9.47 Å². The van der Waals surface area contributed by atoms with E-state index in [1.165, 1.54) is 11.3 Å². The average molecular weight is 476 g/mol. The van der Waals surface area contributed by atoms with Crippen LogP contribution in [0.1, 0.15) is 5.56 Å². The zero-order valence-electron chi connectivity index (χ0n) is 16.4. The summed E-state index contributed by atoms with van der Waals surface area (Å²) in [5.74, 6) is 1.28. The lowest BCUT2D eigenvalue weighted by Gasteiger charge is -2.15. The zero-order chi connectivity index (χ0) is 20.8. The van der Waals surface area contributed by atoms with Crippen molar-refractivity contribution in [1.29, 1.82) is 0 Å². The Hall–Kier alpha value is -2.42. The molecule has 29 heavy (non-hydrogen) atoms. The molecule has 152 valence electrons. The number of methoxy groups -OCH3 is 2. The Balaban J connectivity index is 1.61. The van der Waals surface area contributed by atoms with Gasteiger partial charge in [-0.05, 0) is 36.9 Å². The second-order valence-corrected chi connectivity index (χ2v) is 8.22. The molecule has 1 aromatic heterocycles. The van der Waals surface area contributed by atoms with Gasteiger partial charge >= 0.3 is 0 Å². The summed E-state index contributed by atoms with van der Waals surface area (Å²) in [4.78, 5) is 18.9. The van der Waals surface area contributed by atoms with Gasteiger partial charge in [-0.3, -0.25) is 9.69 Å². The summed E-state index contributed by atoms with van der Waals surface area (Å²) in [6.45, 7) is 0.962. The van der Waals surface area contributed by atoms with Crippen LogP contribution in [0, 0.1) is 0 Å². The minimum Gasteiger partial charge on any atom is -0.497 e. The number of anilines is 1. The van der Waals surface area contributed by atoms with Crippen molar-refractivity contribution in [2.24, 2.45) is 0 Å². The van der Waals surface area contributed by atoms with Crippen LogP contribution >= 0.6 is 27.3 Å². The van der Waals surface area contributed by atoms with E-state index in [9.17, 15) is 4.79 Å². The van der Waals surface area contributed by atoms with Crippen molar-refractivity contribution in [3.63, 3.8) is 0 Å². The molecule has 1 amide bonds. The van der Waals surface area contributed by atoms with Crippen LogP contribution in [0.4, 0.5) is 5.13 Å². The zero-order valence-corrected chi connectivity index (χ0v) is 18.8. The molecule has 2 aromatic carbocycles. The van der Waals surface area contributed by atoms with Gasteiger partial charge in [0.25, 0.3) is 0 Å². The summed E-state index contributed by atoms with van der Waals surface area (Å²) in [5, 5.41) is 5.32. The van der Waals surface area contributed by atoms with Gasteiger partial charge in [0.15, 0.2) is 5.13 Å². The first-order valence-electron chi connectivity index (χ1n) is 8.89. The topological polar surface area (TPSA) is 63.7 Å². The molecule has 0 saturated heterocycles. The minimum atomic E-state index is -0.104. The first kappa shape index (κ1) is 21.3. The summed E-state index contributed by atoms with van der Waals surface area (Å²) in [6, 6.07) is 13.6. The van der Waals surface area contributed by atoms with E-state index < -0.39 is 0 Å². The fourth-order valence-corrected chi connectivity index (χ4v) is 3.82. The standard InChI is InChI=1S/C21H22BrN3O3S/c1-25(11-14-4-6-15(22)7-5-14)12-20(26)24-21-23-18(13-29-21)17-9-8-16(27-2)10-19(17)28-3/h4-10,13H,11-12H2,1-3H3,(H,23,24,26). The second-order valence-electron chi connectivity index (χ2n) is 6.45. The van der Waals surface area contributed by atoms with E-state index in [0.29, 0.717) is 23.2 Å². The van der Waals surface area contributed by atoms with E-state index in [-0.39, 0.29) is 12.5 Å². The fraction of sp³-hybridized carbons (Fsp3) is 0.238.